The van der Waals surface area contributed by atoms with Gasteiger partial charge in [0.1, 0.15) is 5.82 Å². The second-order valence-electron chi connectivity index (χ2n) is 6.35. The van der Waals surface area contributed by atoms with Crippen molar-refractivity contribution < 1.29 is 9.53 Å². The van der Waals surface area contributed by atoms with Crippen molar-refractivity contribution in [3.05, 3.63) is 46.8 Å². The number of nitrogens with one attached hydrogen (secondary N) is 1. The lowest BCUT2D eigenvalue weighted by Gasteiger charge is -2.21. The van der Waals surface area contributed by atoms with E-state index in [9.17, 15) is 4.79 Å². The van der Waals surface area contributed by atoms with Gasteiger partial charge in [0.2, 0.25) is 0 Å². The lowest BCUT2D eigenvalue weighted by atomic mass is 9.94. The molecule has 0 aliphatic heterocycles. The number of ether oxygens (including phenoxy) is 1. The Hall–Kier alpha value is -2.60. The van der Waals surface area contributed by atoms with Gasteiger partial charge in [-0.15, -0.1) is 5.10 Å². The monoisotopic (exact) mass is 324 g/mol. The number of benzene rings is 1. The van der Waals surface area contributed by atoms with Crippen molar-refractivity contribution in [2.45, 2.75) is 32.3 Å². The first-order valence-electron chi connectivity index (χ1n) is 8.10. The van der Waals surface area contributed by atoms with Gasteiger partial charge in [0, 0.05) is 35.7 Å². The summed E-state index contributed by atoms with van der Waals surface area (Å²) in [6.07, 6.45) is 2.46. The average molecular weight is 324 g/mol. The summed E-state index contributed by atoms with van der Waals surface area (Å²) in [5, 5.41) is 5.24. The molecule has 6 nitrogen and oxygen atoms in total. The molecule has 0 saturated heterocycles. The molecular weight excluding hydrogens is 304 g/mol. The van der Waals surface area contributed by atoms with Crippen LogP contribution in [0.4, 0.5) is 5.82 Å². The van der Waals surface area contributed by atoms with Gasteiger partial charge in [-0.3, -0.25) is 4.79 Å². The van der Waals surface area contributed by atoms with Gasteiger partial charge in [-0.1, -0.05) is 6.07 Å². The largest absolute Gasteiger partial charge is 0.382 e. The molecule has 6 heteroatoms. The molecule has 0 saturated carbocycles. The molecule has 2 aromatic heterocycles. The van der Waals surface area contributed by atoms with E-state index < -0.39 is 0 Å². The minimum atomic E-state index is -0.136. The van der Waals surface area contributed by atoms with E-state index in [0.717, 1.165) is 40.7 Å². The van der Waals surface area contributed by atoms with Crippen molar-refractivity contribution in [2.75, 3.05) is 12.8 Å². The number of aromatic amines is 1. The summed E-state index contributed by atoms with van der Waals surface area (Å²) in [6, 6.07) is 7.67. The van der Waals surface area contributed by atoms with Gasteiger partial charge in [-0.25, -0.2) is 0 Å². The fraction of sp³-hybridized carbons (Fsp3) is 0.333. The number of carbonyl (C=O) groups excluding carboxylic acids is 1. The topological polar surface area (TPSA) is 85.9 Å². The molecule has 1 aromatic carbocycles. The molecule has 0 amide bonds. The van der Waals surface area contributed by atoms with Crippen LogP contribution in [0.2, 0.25) is 0 Å². The van der Waals surface area contributed by atoms with Gasteiger partial charge in [-0.2, -0.15) is 4.68 Å². The predicted octanol–water partition coefficient (Wildman–Crippen LogP) is 2.45. The van der Waals surface area contributed by atoms with Gasteiger partial charge < -0.3 is 15.5 Å². The fourth-order valence-corrected chi connectivity index (χ4v) is 3.58. The summed E-state index contributed by atoms with van der Waals surface area (Å²) in [4.78, 5) is 16.4. The summed E-state index contributed by atoms with van der Waals surface area (Å²) >= 11 is 0. The first-order valence-corrected chi connectivity index (χ1v) is 8.10. The highest BCUT2D eigenvalue weighted by Gasteiger charge is 2.28. The van der Waals surface area contributed by atoms with Gasteiger partial charge in [0.25, 0.3) is 5.91 Å². The zero-order valence-corrected chi connectivity index (χ0v) is 13.8. The Balaban J connectivity index is 1.80. The van der Waals surface area contributed by atoms with Gasteiger partial charge >= 0.3 is 0 Å². The van der Waals surface area contributed by atoms with Crippen LogP contribution in [0.1, 0.15) is 33.7 Å². The highest BCUT2D eigenvalue weighted by atomic mass is 16.5. The lowest BCUT2D eigenvalue weighted by Crippen LogP contribution is -2.24. The van der Waals surface area contributed by atoms with Crippen molar-refractivity contribution in [2.24, 2.45) is 0 Å². The molecule has 1 unspecified atom stereocenters. The molecule has 0 radical (unpaired) electrons. The van der Waals surface area contributed by atoms with Crippen LogP contribution in [0.5, 0.6) is 0 Å². The Bertz CT molecular complexity index is 938. The van der Waals surface area contributed by atoms with Crippen LogP contribution in [0.15, 0.2) is 24.3 Å². The normalized spacial score (nSPS) is 17.2. The van der Waals surface area contributed by atoms with E-state index >= 15 is 0 Å². The number of nitrogen functional groups attached to an aromatic ring is 1. The molecule has 2 heterocycles. The number of H-pyrrole nitrogens is 1. The second-order valence-corrected chi connectivity index (χ2v) is 6.35. The maximum atomic E-state index is 13.1. The molecule has 0 fully saturated rings. The number of anilines is 1. The Labute approximate surface area is 139 Å². The zero-order valence-electron chi connectivity index (χ0n) is 13.8. The maximum Gasteiger partial charge on any atom is 0.279 e. The van der Waals surface area contributed by atoms with Crippen molar-refractivity contribution in [1.82, 2.24) is 14.8 Å². The smallest absolute Gasteiger partial charge is 0.279 e. The number of carbonyl (C=O) groups is 1. The molecule has 3 aromatic rings. The van der Waals surface area contributed by atoms with Crippen LogP contribution < -0.4 is 5.73 Å². The summed E-state index contributed by atoms with van der Waals surface area (Å²) in [5.74, 6) is 0.293. The summed E-state index contributed by atoms with van der Waals surface area (Å²) < 4.78 is 6.92. The van der Waals surface area contributed by atoms with Crippen LogP contribution in [0, 0.1) is 6.92 Å². The van der Waals surface area contributed by atoms with Crippen molar-refractivity contribution in [3.63, 3.8) is 0 Å². The van der Waals surface area contributed by atoms with Crippen LogP contribution in [-0.2, 0) is 17.6 Å². The number of nitrogens with two attached hydrogens (primary N) is 1. The van der Waals surface area contributed by atoms with Crippen LogP contribution in [-0.4, -0.2) is 33.9 Å². The van der Waals surface area contributed by atoms with E-state index in [4.69, 9.17) is 10.5 Å². The lowest BCUT2D eigenvalue weighted by molar-refractivity contribution is 0.0875. The number of hydrogen-bond acceptors (Lipinski definition) is 4. The summed E-state index contributed by atoms with van der Waals surface area (Å²) in [7, 11) is 1.70. The first kappa shape index (κ1) is 15.0. The number of rotatable bonds is 2. The van der Waals surface area contributed by atoms with Crippen molar-refractivity contribution in [1.29, 1.82) is 0 Å². The van der Waals surface area contributed by atoms with E-state index in [2.05, 4.69) is 10.1 Å². The van der Waals surface area contributed by atoms with E-state index in [1.807, 2.05) is 31.2 Å². The molecule has 1 atom stereocenters. The molecule has 3 N–H and O–H groups in total. The van der Waals surface area contributed by atoms with Crippen LogP contribution in [0.3, 0.4) is 0 Å². The SMILES string of the molecule is COC1CCc2c(c(N)nn2C(=O)c2cccc3[nH]c(C)cc23)C1. The number of nitrogens with zero attached hydrogens (tertiary/aromatic N) is 2. The average Bonchev–Trinajstić information content (AvgIpc) is 3.13. The molecule has 4 rings (SSSR count). The Morgan fingerprint density at radius 3 is 3.08 bits per heavy atom. The minimum Gasteiger partial charge on any atom is -0.382 e. The summed E-state index contributed by atoms with van der Waals surface area (Å²) in [5.41, 5.74) is 10.5. The van der Waals surface area contributed by atoms with E-state index in [0.29, 0.717) is 17.8 Å². The quantitative estimate of drug-likeness (QED) is 0.758. The third-order valence-corrected chi connectivity index (χ3v) is 4.81. The summed E-state index contributed by atoms with van der Waals surface area (Å²) in [6.45, 7) is 1.98. The zero-order chi connectivity index (χ0) is 16.8. The predicted molar refractivity (Wildman–Crippen MR) is 92.2 cm³/mol. The maximum absolute atomic E-state index is 13.1. The Morgan fingerprint density at radius 2 is 2.29 bits per heavy atom. The first-order chi connectivity index (χ1) is 11.6. The second kappa shape index (κ2) is 5.49. The van der Waals surface area contributed by atoms with Gasteiger partial charge in [0.15, 0.2) is 0 Å². The highest BCUT2D eigenvalue weighted by molar-refractivity contribution is 6.07. The van der Waals surface area contributed by atoms with E-state index in [1.165, 1.54) is 4.68 Å². The van der Waals surface area contributed by atoms with Crippen molar-refractivity contribution >= 4 is 22.6 Å². The molecule has 124 valence electrons. The van der Waals surface area contributed by atoms with E-state index in [-0.39, 0.29) is 12.0 Å². The van der Waals surface area contributed by atoms with Gasteiger partial charge in [-0.05, 0) is 38.0 Å². The van der Waals surface area contributed by atoms with E-state index in [1.54, 1.807) is 7.11 Å². The molecular formula is C18H20N4O2. The number of fused-ring (bicyclic) bond motifs is 2. The third kappa shape index (κ3) is 2.22. The third-order valence-electron chi connectivity index (χ3n) is 4.81. The number of methoxy groups -OCH3 is 1. The molecule has 1 aliphatic carbocycles. The number of aromatic nitrogens is 3. The minimum absolute atomic E-state index is 0.136. The Morgan fingerprint density at radius 1 is 1.46 bits per heavy atom. The molecule has 1 aliphatic rings. The molecule has 0 spiro atoms. The van der Waals surface area contributed by atoms with Gasteiger partial charge in [0.05, 0.1) is 17.4 Å². The van der Waals surface area contributed by atoms with Crippen LogP contribution >= 0.6 is 0 Å². The molecule has 24 heavy (non-hydrogen) atoms. The van der Waals surface area contributed by atoms with Crippen LogP contribution in [0.25, 0.3) is 10.9 Å². The standard InChI is InChI=1S/C18H20N4O2/c1-10-8-13-12(4-3-5-15(13)20-10)18(23)22-16-7-6-11(24-2)9-14(16)17(19)21-22/h3-5,8,11,20H,6-7,9H2,1-2H3,(H2,19,21). The number of hydrogen-bond donors (Lipinski definition) is 2. The molecule has 0 bridgehead atoms. The highest BCUT2D eigenvalue weighted by Crippen LogP contribution is 2.29. The van der Waals surface area contributed by atoms with Crippen molar-refractivity contribution in [3.8, 4) is 0 Å². The number of aryl methyl sites for hydroxylation is 1. The Kier molecular flexibility index (Phi) is 3.42. The fourth-order valence-electron chi connectivity index (χ4n) is 3.58.